The summed E-state index contributed by atoms with van der Waals surface area (Å²) >= 11 is 0. The SMILES string of the molecule is Cc1cc(N=CC2C(=O)Nc3cc(F)ccc32)no1. The standard InChI is InChI=1S/C13H10FN3O2/c1-7-4-12(17-19-7)15-6-10-9-3-2-8(14)5-11(9)16-13(10)18/h2-6,10H,1H3,(H,16,18). The van der Waals surface area contributed by atoms with Gasteiger partial charge in [0.05, 0.1) is 0 Å². The fourth-order valence-corrected chi connectivity index (χ4v) is 1.97. The lowest BCUT2D eigenvalue weighted by atomic mass is 10.0. The first-order valence-corrected chi connectivity index (χ1v) is 5.71. The van der Waals surface area contributed by atoms with Crippen LogP contribution in [-0.4, -0.2) is 17.3 Å². The van der Waals surface area contributed by atoms with Gasteiger partial charge in [0, 0.05) is 18.0 Å². The summed E-state index contributed by atoms with van der Waals surface area (Å²) in [6.45, 7) is 1.76. The largest absolute Gasteiger partial charge is 0.359 e. The van der Waals surface area contributed by atoms with Crippen molar-refractivity contribution in [2.45, 2.75) is 12.8 Å². The van der Waals surface area contributed by atoms with Crippen LogP contribution in [0.3, 0.4) is 0 Å². The van der Waals surface area contributed by atoms with Crippen molar-refractivity contribution in [3.05, 3.63) is 41.4 Å². The highest BCUT2D eigenvalue weighted by Gasteiger charge is 2.29. The maximum atomic E-state index is 13.1. The third-order valence-corrected chi connectivity index (χ3v) is 2.86. The van der Waals surface area contributed by atoms with Crippen LogP contribution in [0.2, 0.25) is 0 Å². The number of amides is 1. The molecule has 0 bridgehead atoms. The monoisotopic (exact) mass is 259 g/mol. The van der Waals surface area contributed by atoms with Crippen LogP contribution in [0.25, 0.3) is 0 Å². The van der Waals surface area contributed by atoms with E-state index in [4.69, 9.17) is 4.52 Å². The van der Waals surface area contributed by atoms with Crippen LogP contribution in [0.4, 0.5) is 15.9 Å². The number of aliphatic imine (C=N–C) groups is 1. The summed E-state index contributed by atoms with van der Waals surface area (Å²) in [7, 11) is 0. The highest BCUT2D eigenvalue weighted by Crippen LogP contribution is 2.32. The first-order chi connectivity index (χ1) is 9.13. The molecule has 6 heteroatoms. The predicted molar refractivity (Wildman–Crippen MR) is 67.2 cm³/mol. The molecular weight excluding hydrogens is 249 g/mol. The Balaban J connectivity index is 1.90. The van der Waals surface area contributed by atoms with Crippen molar-refractivity contribution >= 4 is 23.6 Å². The van der Waals surface area contributed by atoms with Crippen molar-refractivity contribution in [2.75, 3.05) is 5.32 Å². The number of halogens is 1. The number of rotatable bonds is 2. The van der Waals surface area contributed by atoms with Crippen LogP contribution in [-0.2, 0) is 4.79 Å². The smallest absolute Gasteiger partial charge is 0.237 e. The summed E-state index contributed by atoms with van der Waals surface area (Å²) in [5, 5.41) is 6.32. The maximum absolute atomic E-state index is 13.1. The number of aromatic nitrogens is 1. The van der Waals surface area contributed by atoms with Gasteiger partial charge in [0.1, 0.15) is 17.5 Å². The molecule has 3 rings (SSSR count). The first kappa shape index (κ1) is 11.6. The number of hydrogen-bond acceptors (Lipinski definition) is 4. The molecule has 5 nitrogen and oxygen atoms in total. The lowest BCUT2D eigenvalue weighted by Crippen LogP contribution is -2.12. The Hall–Kier alpha value is -2.50. The van der Waals surface area contributed by atoms with Gasteiger partial charge in [-0.25, -0.2) is 9.38 Å². The van der Waals surface area contributed by atoms with Crippen LogP contribution in [0, 0.1) is 12.7 Å². The molecule has 1 aliphatic heterocycles. The predicted octanol–water partition coefficient (Wildman–Crippen LogP) is 2.56. The Morgan fingerprint density at radius 1 is 1.47 bits per heavy atom. The molecule has 1 N–H and O–H groups in total. The number of carbonyl (C=O) groups is 1. The molecule has 19 heavy (non-hydrogen) atoms. The van der Waals surface area contributed by atoms with Gasteiger partial charge in [0.2, 0.25) is 5.91 Å². The normalized spacial score (nSPS) is 17.8. The number of benzene rings is 1. The van der Waals surface area contributed by atoms with Gasteiger partial charge in [0.15, 0.2) is 5.82 Å². The fraction of sp³-hybridized carbons (Fsp3) is 0.154. The Morgan fingerprint density at radius 3 is 3.05 bits per heavy atom. The second-order valence-corrected chi connectivity index (χ2v) is 4.27. The Bertz CT molecular complexity index is 678. The molecule has 0 saturated heterocycles. The average Bonchev–Trinajstić information content (AvgIpc) is 2.89. The molecule has 1 unspecified atom stereocenters. The quantitative estimate of drug-likeness (QED) is 0.843. The molecule has 1 atom stereocenters. The lowest BCUT2D eigenvalue weighted by Gasteiger charge is -2.00. The van der Waals surface area contributed by atoms with Gasteiger partial charge in [0.25, 0.3) is 0 Å². The van der Waals surface area contributed by atoms with E-state index in [1.54, 1.807) is 19.1 Å². The van der Waals surface area contributed by atoms with Crippen LogP contribution in [0.1, 0.15) is 17.2 Å². The van der Waals surface area contributed by atoms with E-state index in [-0.39, 0.29) is 11.7 Å². The minimum absolute atomic E-state index is 0.232. The van der Waals surface area contributed by atoms with E-state index in [2.05, 4.69) is 15.5 Å². The summed E-state index contributed by atoms with van der Waals surface area (Å²) in [5.74, 6) is -0.104. The molecule has 1 aliphatic rings. The molecule has 1 amide bonds. The number of carbonyl (C=O) groups excluding carboxylic acids is 1. The van der Waals surface area contributed by atoms with E-state index in [1.165, 1.54) is 18.3 Å². The summed E-state index contributed by atoms with van der Waals surface area (Å²) in [4.78, 5) is 15.9. The van der Waals surface area contributed by atoms with Gasteiger partial charge in [-0.2, -0.15) is 0 Å². The van der Waals surface area contributed by atoms with Gasteiger partial charge in [-0.05, 0) is 24.6 Å². The topological polar surface area (TPSA) is 67.5 Å². The van der Waals surface area contributed by atoms with Crippen molar-refractivity contribution in [1.29, 1.82) is 0 Å². The molecule has 2 aromatic rings. The third kappa shape index (κ3) is 2.12. The van der Waals surface area contributed by atoms with E-state index in [0.29, 0.717) is 22.8 Å². The zero-order valence-electron chi connectivity index (χ0n) is 10.1. The van der Waals surface area contributed by atoms with E-state index in [9.17, 15) is 9.18 Å². The zero-order chi connectivity index (χ0) is 13.4. The molecule has 1 aromatic carbocycles. The number of aryl methyl sites for hydroxylation is 1. The van der Waals surface area contributed by atoms with Gasteiger partial charge in [-0.15, -0.1) is 0 Å². The lowest BCUT2D eigenvalue weighted by molar-refractivity contribution is -0.115. The fourth-order valence-electron chi connectivity index (χ4n) is 1.97. The number of fused-ring (bicyclic) bond motifs is 1. The second-order valence-electron chi connectivity index (χ2n) is 4.27. The van der Waals surface area contributed by atoms with Crippen LogP contribution >= 0.6 is 0 Å². The zero-order valence-corrected chi connectivity index (χ0v) is 10.1. The number of hydrogen-bond donors (Lipinski definition) is 1. The van der Waals surface area contributed by atoms with Gasteiger partial charge in [-0.3, -0.25) is 4.79 Å². The highest BCUT2D eigenvalue weighted by molar-refractivity contribution is 6.12. The van der Waals surface area contributed by atoms with E-state index < -0.39 is 5.92 Å². The van der Waals surface area contributed by atoms with Crippen molar-refractivity contribution in [3.8, 4) is 0 Å². The maximum Gasteiger partial charge on any atom is 0.237 e. The van der Waals surface area contributed by atoms with E-state index in [0.717, 1.165) is 0 Å². The van der Waals surface area contributed by atoms with Crippen LogP contribution in [0.5, 0.6) is 0 Å². The summed E-state index contributed by atoms with van der Waals surface area (Å²) in [6, 6.07) is 5.85. The summed E-state index contributed by atoms with van der Waals surface area (Å²) < 4.78 is 17.9. The Labute approximate surface area is 108 Å². The van der Waals surface area contributed by atoms with Crippen molar-refractivity contribution in [3.63, 3.8) is 0 Å². The van der Waals surface area contributed by atoms with Gasteiger partial charge in [-0.1, -0.05) is 11.2 Å². The van der Waals surface area contributed by atoms with Crippen LogP contribution < -0.4 is 5.32 Å². The molecule has 0 spiro atoms. The van der Waals surface area contributed by atoms with Crippen molar-refractivity contribution in [1.82, 2.24) is 5.16 Å². The third-order valence-electron chi connectivity index (χ3n) is 2.86. The second kappa shape index (κ2) is 4.31. The molecule has 96 valence electrons. The Kier molecular flexibility index (Phi) is 2.63. The number of nitrogens with zero attached hydrogens (tertiary/aromatic N) is 2. The highest BCUT2D eigenvalue weighted by atomic mass is 19.1. The Morgan fingerprint density at radius 2 is 2.32 bits per heavy atom. The minimum Gasteiger partial charge on any atom is -0.359 e. The van der Waals surface area contributed by atoms with E-state index in [1.807, 2.05) is 0 Å². The summed E-state index contributed by atoms with van der Waals surface area (Å²) in [6.07, 6.45) is 1.48. The van der Waals surface area contributed by atoms with Crippen LogP contribution in [0.15, 0.2) is 33.8 Å². The molecular formula is C13H10FN3O2. The van der Waals surface area contributed by atoms with E-state index >= 15 is 0 Å². The minimum atomic E-state index is -0.535. The van der Waals surface area contributed by atoms with Gasteiger partial charge < -0.3 is 9.84 Å². The first-order valence-electron chi connectivity index (χ1n) is 5.71. The number of anilines is 1. The number of nitrogens with one attached hydrogen (secondary N) is 1. The molecule has 0 fully saturated rings. The van der Waals surface area contributed by atoms with Crippen molar-refractivity contribution < 1.29 is 13.7 Å². The summed E-state index contributed by atoms with van der Waals surface area (Å²) in [5.41, 5.74) is 1.19. The average molecular weight is 259 g/mol. The molecule has 0 radical (unpaired) electrons. The molecule has 2 heterocycles. The van der Waals surface area contributed by atoms with Crippen molar-refractivity contribution in [2.24, 2.45) is 4.99 Å². The molecule has 0 saturated carbocycles. The molecule has 1 aromatic heterocycles. The molecule has 0 aliphatic carbocycles. The van der Waals surface area contributed by atoms with Gasteiger partial charge >= 0.3 is 0 Å².